The van der Waals surface area contributed by atoms with Gasteiger partial charge in [-0.15, -0.1) is 0 Å². The SMILES string of the molecule is C=C(N=C1[C@H](F)[C@@H](c2ccccc2C(F)(F)F)CCN1N)c1ccc(-n2cnc(C)c2)c(OC)n1. The molecule has 7 nitrogen and oxygen atoms in total. The first kappa shape index (κ1) is 24.4. The molecule has 1 saturated heterocycles. The number of aliphatic imine (C=N–C) groups is 1. The average Bonchev–Trinajstić information content (AvgIpc) is 3.26. The Bertz CT molecular complexity index is 1270. The molecule has 0 bridgehead atoms. The number of methoxy groups -OCH3 is 1. The molecule has 4 rings (SSSR count). The zero-order chi connectivity index (χ0) is 25.3. The Labute approximate surface area is 199 Å². The lowest BCUT2D eigenvalue weighted by molar-refractivity contribution is -0.138. The fraction of sp³-hybridized carbons (Fsp3) is 0.292. The molecule has 0 radical (unpaired) electrons. The molecule has 1 aliphatic heterocycles. The Morgan fingerprint density at radius 1 is 1.23 bits per heavy atom. The van der Waals surface area contributed by atoms with Crippen LogP contribution < -0.4 is 10.6 Å². The third-order valence-corrected chi connectivity index (χ3v) is 5.81. The Morgan fingerprint density at radius 3 is 2.63 bits per heavy atom. The second kappa shape index (κ2) is 9.49. The Morgan fingerprint density at radius 2 is 1.97 bits per heavy atom. The zero-order valence-electron chi connectivity index (χ0n) is 19.1. The fourth-order valence-electron chi connectivity index (χ4n) is 4.08. The van der Waals surface area contributed by atoms with Crippen LogP contribution in [0.15, 0.2) is 60.5 Å². The summed E-state index contributed by atoms with van der Waals surface area (Å²) in [4.78, 5) is 12.8. The summed E-state index contributed by atoms with van der Waals surface area (Å²) in [6.07, 6.45) is -2.96. The van der Waals surface area contributed by atoms with Crippen molar-refractivity contribution in [2.75, 3.05) is 13.7 Å². The lowest BCUT2D eigenvalue weighted by Crippen LogP contribution is -2.50. The van der Waals surface area contributed by atoms with Gasteiger partial charge in [0.05, 0.1) is 36.1 Å². The fourth-order valence-corrected chi connectivity index (χ4v) is 4.08. The highest BCUT2D eigenvalue weighted by molar-refractivity contribution is 5.92. The van der Waals surface area contributed by atoms with Gasteiger partial charge in [-0.3, -0.25) is 5.01 Å². The van der Waals surface area contributed by atoms with Crippen molar-refractivity contribution in [1.82, 2.24) is 19.5 Å². The molecule has 0 spiro atoms. The van der Waals surface area contributed by atoms with Crippen LogP contribution >= 0.6 is 0 Å². The number of nitrogens with two attached hydrogens (primary N) is 1. The summed E-state index contributed by atoms with van der Waals surface area (Å²) in [5.41, 5.74) is 0.833. The molecule has 1 aliphatic rings. The maximum absolute atomic E-state index is 15.6. The minimum atomic E-state index is -4.60. The van der Waals surface area contributed by atoms with Crippen molar-refractivity contribution in [1.29, 1.82) is 0 Å². The Balaban J connectivity index is 1.65. The number of hydrazine groups is 1. The van der Waals surface area contributed by atoms with Crippen molar-refractivity contribution in [3.05, 3.63) is 78.0 Å². The summed E-state index contributed by atoms with van der Waals surface area (Å²) in [5, 5.41) is 1.10. The van der Waals surface area contributed by atoms with Crippen LogP contribution in [0.1, 0.15) is 34.9 Å². The van der Waals surface area contributed by atoms with Crippen molar-refractivity contribution < 1.29 is 22.3 Å². The van der Waals surface area contributed by atoms with Crippen LogP contribution in [0.5, 0.6) is 5.88 Å². The molecule has 0 unspecified atom stereocenters. The maximum atomic E-state index is 15.6. The van der Waals surface area contributed by atoms with E-state index in [9.17, 15) is 13.2 Å². The van der Waals surface area contributed by atoms with E-state index in [1.165, 1.54) is 25.3 Å². The number of halogens is 4. The molecule has 184 valence electrons. The molecule has 0 amide bonds. The largest absolute Gasteiger partial charge is 0.479 e. The molecular weight excluding hydrogens is 464 g/mol. The van der Waals surface area contributed by atoms with E-state index in [-0.39, 0.29) is 35.9 Å². The van der Waals surface area contributed by atoms with Crippen LogP contribution in [0.3, 0.4) is 0 Å². The topological polar surface area (TPSA) is 81.6 Å². The van der Waals surface area contributed by atoms with E-state index in [4.69, 9.17) is 10.6 Å². The van der Waals surface area contributed by atoms with Crippen LogP contribution in [-0.2, 0) is 6.18 Å². The van der Waals surface area contributed by atoms with Crippen molar-refractivity contribution in [3.8, 4) is 11.6 Å². The van der Waals surface area contributed by atoms with Crippen LogP contribution in [-0.4, -0.2) is 45.2 Å². The minimum Gasteiger partial charge on any atom is -0.479 e. The molecule has 11 heteroatoms. The van der Waals surface area contributed by atoms with Gasteiger partial charge < -0.3 is 9.30 Å². The Hall–Kier alpha value is -3.73. The number of nitrogens with zero attached hydrogens (tertiary/aromatic N) is 5. The second-order valence-corrected chi connectivity index (χ2v) is 8.14. The number of hydrogen-bond acceptors (Lipinski definition) is 5. The highest BCUT2D eigenvalue weighted by Crippen LogP contribution is 2.40. The molecule has 1 fully saturated rings. The standard InChI is InChI=1S/C24H24F4N6O/c1-14-12-33(13-30-14)20-9-8-19(32-23(20)35-3)15(2)31-22-21(25)17(10-11-34(22)29)16-6-4-5-7-18(16)24(26,27)28/h4-9,12-13,17,21H,2,10-11,29H2,1,3H3/t17-,21-/m1/s1. The van der Waals surface area contributed by atoms with Gasteiger partial charge in [0.15, 0.2) is 12.0 Å². The summed E-state index contributed by atoms with van der Waals surface area (Å²) in [6.45, 7) is 5.84. The summed E-state index contributed by atoms with van der Waals surface area (Å²) >= 11 is 0. The van der Waals surface area contributed by atoms with Crippen LogP contribution in [0.25, 0.3) is 11.4 Å². The van der Waals surface area contributed by atoms with Crippen molar-refractivity contribution in [2.24, 2.45) is 10.8 Å². The van der Waals surface area contributed by atoms with Gasteiger partial charge in [0.1, 0.15) is 5.69 Å². The molecule has 3 aromatic rings. The molecular formula is C24H24F4N6O. The third-order valence-electron chi connectivity index (χ3n) is 5.81. The number of benzene rings is 1. The Kier molecular flexibility index (Phi) is 6.62. The number of alkyl halides is 4. The van der Waals surface area contributed by atoms with Gasteiger partial charge in [-0.25, -0.2) is 25.2 Å². The number of imidazole rings is 1. The number of ether oxygens (including phenoxy) is 1. The van der Waals surface area contributed by atoms with E-state index in [1.807, 2.05) is 6.92 Å². The highest BCUT2D eigenvalue weighted by atomic mass is 19.4. The van der Waals surface area contributed by atoms with Crippen LogP contribution in [0, 0.1) is 6.92 Å². The van der Waals surface area contributed by atoms with Crippen LogP contribution in [0.2, 0.25) is 0 Å². The van der Waals surface area contributed by atoms with E-state index >= 15 is 4.39 Å². The maximum Gasteiger partial charge on any atom is 0.416 e. The lowest BCUT2D eigenvalue weighted by atomic mass is 9.84. The molecule has 2 atom stereocenters. The molecule has 35 heavy (non-hydrogen) atoms. The molecule has 0 saturated carbocycles. The predicted molar refractivity (Wildman–Crippen MR) is 124 cm³/mol. The first-order chi connectivity index (χ1) is 16.6. The number of aromatic nitrogens is 3. The summed E-state index contributed by atoms with van der Waals surface area (Å²) < 4.78 is 63.3. The van der Waals surface area contributed by atoms with Crippen LogP contribution in [0.4, 0.5) is 17.6 Å². The quantitative estimate of drug-likeness (QED) is 0.417. The number of pyridine rings is 1. The number of amidine groups is 1. The van der Waals surface area contributed by atoms with Gasteiger partial charge in [-0.05, 0) is 37.1 Å². The molecule has 2 N–H and O–H groups in total. The summed E-state index contributed by atoms with van der Waals surface area (Å²) in [7, 11) is 1.46. The normalized spacial score (nSPS) is 19.7. The summed E-state index contributed by atoms with van der Waals surface area (Å²) in [5.74, 6) is 4.96. The first-order valence-corrected chi connectivity index (χ1v) is 10.8. The monoisotopic (exact) mass is 488 g/mol. The lowest BCUT2D eigenvalue weighted by Gasteiger charge is -2.35. The van der Waals surface area contributed by atoms with E-state index in [1.54, 1.807) is 29.2 Å². The third kappa shape index (κ3) is 4.90. The second-order valence-electron chi connectivity index (χ2n) is 8.14. The van der Waals surface area contributed by atoms with Gasteiger partial charge in [-0.2, -0.15) is 13.2 Å². The van der Waals surface area contributed by atoms with Gasteiger partial charge in [0, 0.05) is 18.7 Å². The first-order valence-electron chi connectivity index (χ1n) is 10.8. The van der Waals surface area contributed by atoms with E-state index in [2.05, 4.69) is 21.5 Å². The van der Waals surface area contributed by atoms with Gasteiger partial charge in [0.25, 0.3) is 0 Å². The van der Waals surface area contributed by atoms with E-state index < -0.39 is 23.8 Å². The minimum absolute atomic E-state index is 0.0921. The van der Waals surface area contributed by atoms with Crippen molar-refractivity contribution >= 4 is 11.5 Å². The highest BCUT2D eigenvalue weighted by Gasteiger charge is 2.41. The van der Waals surface area contributed by atoms with Gasteiger partial charge >= 0.3 is 6.18 Å². The van der Waals surface area contributed by atoms with Gasteiger partial charge in [-0.1, -0.05) is 24.8 Å². The molecule has 3 heterocycles. The van der Waals surface area contributed by atoms with Gasteiger partial charge in [0.2, 0.25) is 5.88 Å². The number of rotatable bonds is 5. The van der Waals surface area contributed by atoms with E-state index in [0.29, 0.717) is 11.4 Å². The molecule has 2 aromatic heterocycles. The molecule has 0 aliphatic carbocycles. The molecule has 1 aromatic carbocycles. The summed E-state index contributed by atoms with van der Waals surface area (Å²) in [6, 6.07) is 8.34. The van der Waals surface area contributed by atoms with Crippen molar-refractivity contribution in [3.63, 3.8) is 0 Å². The number of piperidine rings is 1. The average molecular weight is 488 g/mol. The van der Waals surface area contributed by atoms with Crippen molar-refractivity contribution in [2.45, 2.75) is 31.6 Å². The van der Waals surface area contributed by atoms with E-state index in [0.717, 1.165) is 16.8 Å². The predicted octanol–water partition coefficient (Wildman–Crippen LogP) is 4.67. The smallest absolute Gasteiger partial charge is 0.416 e. The number of aryl methyl sites for hydroxylation is 1. The number of hydrogen-bond donors (Lipinski definition) is 1. The zero-order valence-corrected chi connectivity index (χ0v) is 19.1.